The van der Waals surface area contributed by atoms with Crippen molar-refractivity contribution in [1.82, 2.24) is 10.2 Å². The van der Waals surface area contributed by atoms with E-state index in [1.807, 2.05) is 54.6 Å². The van der Waals surface area contributed by atoms with Crippen LogP contribution in [0.25, 0.3) is 0 Å². The summed E-state index contributed by atoms with van der Waals surface area (Å²) >= 11 is 0. The molecule has 0 bridgehead atoms. The number of methoxy groups -OCH3 is 1. The van der Waals surface area contributed by atoms with Crippen molar-refractivity contribution in [2.75, 3.05) is 37.0 Å². The summed E-state index contributed by atoms with van der Waals surface area (Å²) in [6, 6.07) is 21.9. The lowest BCUT2D eigenvalue weighted by molar-refractivity contribution is -0.139. The van der Waals surface area contributed by atoms with Crippen LogP contribution in [0, 0.1) is 5.92 Å². The second-order valence-corrected chi connectivity index (χ2v) is 11.8. The molecule has 3 aromatic carbocycles. The van der Waals surface area contributed by atoms with Gasteiger partial charge in [-0.25, -0.2) is 0 Å². The second-order valence-electron chi connectivity index (χ2n) is 11.8. The zero-order chi connectivity index (χ0) is 32.7. The maximum absolute atomic E-state index is 14.1. The van der Waals surface area contributed by atoms with Gasteiger partial charge < -0.3 is 35.4 Å². The van der Waals surface area contributed by atoms with E-state index in [1.165, 1.54) is 7.11 Å². The minimum Gasteiger partial charge on any atom is -0.497 e. The molecule has 3 atom stereocenters. The first-order chi connectivity index (χ1) is 22.2. The SMILES string of the molecule is COc1ccc2c(c1)[C@@](O)([C@H](C)/C=C/CC(=O)N(CCO)Cc1ccccc1)C(=O)N2Cc1cccc(NC(=O)[C@H]2CCCN2)c1. The van der Waals surface area contributed by atoms with E-state index in [2.05, 4.69) is 10.6 Å². The van der Waals surface area contributed by atoms with Crippen LogP contribution >= 0.6 is 0 Å². The number of aliphatic hydroxyl groups is 2. The molecule has 0 unspecified atom stereocenters. The van der Waals surface area contributed by atoms with Gasteiger partial charge in [0.25, 0.3) is 5.91 Å². The molecule has 46 heavy (non-hydrogen) atoms. The number of carbonyl (C=O) groups is 3. The molecule has 0 saturated carbocycles. The van der Waals surface area contributed by atoms with Gasteiger partial charge in [-0.15, -0.1) is 0 Å². The van der Waals surface area contributed by atoms with Crippen molar-refractivity contribution >= 4 is 29.1 Å². The number of hydrogen-bond acceptors (Lipinski definition) is 7. The van der Waals surface area contributed by atoms with Crippen LogP contribution in [0.5, 0.6) is 5.75 Å². The highest BCUT2D eigenvalue weighted by Gasteiger charge is 2.52. The van der Waals surface area contributed by atoms with Crippen LogP contribution in [-0.2, 0) is 33.1 Å². The Morgan fingerprint density at radius 2 is 1.91 bits per heavy atom. The summed E-state index contributed by atoms with van der Waals surface area (Å²) in [5.74, 6) is -0.935. The minimum atomic E-state index is -1.90. The van der Waals surface area contributed by atoms with Crippen molar-refractivity contribution in [3.63, 3.8) is 0 Å². The highest BCUT2D eigenvalue weighted by Crippen LogP contribution is 2.47. The highest BCUT2D eigenvalue weighted by atomic mass is 16.5. The van der Waals surface area contributed by atoms with Gasteiger partial charge in [-0.05, 0) is 60.8 Å². The summed E-state index contributed by atoms with van der Waals surface area (Å²) in [6.45, 7) is 3.16. The van der Waals surface area contributed by atoms with Gasteiger partial charge in [0.2, 0.25) is 11.8 Å². The first-order valence-corrected chi connectivity index (χ1v) is 15.7. The molecular formula is C36H42N4O6. The van der Waals surface area contributed by atoms with Crippen LogP contribution in [0.4, 0.5) is 11.4 Å². The molecule has 3 aromatic rings. The summed E-state index contributed by atoms with van der Waals surface area (Å²) in [4.78, 5) is 42.9. The summed E-state index contributed by atoms with van der Waals surface area (Å²) in [5, 5.41) is 27.8. The number of benzene rings is 3. The Kier molecular flexibility index (Phi) is 10.5. The monoisotopic (exact) mass is 626 g/mol. The van der Waals surface area contributed by atoms with Gasteiger partial charge in [-0.1, -0.05) is 61.5 Å². The second kappa shape index (κ2) is 14.7. The summed E-state index contributed by atoms with van der Waals surface area (Å²) in [7, 11) is 1.53. The van der Waals surface area contributed by atoms with E-state index in [9.17, 15) is 24.6 Å². The fourth-order valence-electron chi connectivity index (χ4n) is 6.14. The number of anilines is 2. The molecule has 1 saturated heterocycles. The zero-order valence-corrected chi connectivity index (χ0v) is 26.3. The van der Waals surface area contributed by atoms with Gasteiger partial charge >= 0.3 is 0 Å². The molecule has 5 rings (SSSR count). The van der Waals surface area contributed by atoms with E-state index in [0.717, 1.165) is 30.5 Å². The van der Waals surface area contributed by atoms with Gasteiger partial charge in [-0.3, -0.25) is 14.4 Å². The van der Waals surface area contributed by atoms with E-state index in [-0.39, 0.29) is 44.0 Å². The van der Waals surface area contributed by atoms with Crippen molar-refractivity contribution in [3.05, 3.63) is 102 Å². The predicted molar refractivity (Wildman–Crippen MR) is 176 cm³/mol. The maximum Gasteiger partial charge on any atom is 0.264 e. The van der Waals surface area contributed by atoms with E-state index in [1.54, 1.807) is 47.1 Å². The standard InChI is InChI=1S/C36H42N4O6/c1-25(9-6-15-33(42)39(19-20-41)23-26-10-4-3-5-11-26)36(45)30-22-29(46-2)16-17-32(30)40(35(36)44)24-27-12-7-13-28(21-27)38-34(43)31-14-8-18-37-31/h3-7,9-13,16-17,21-22,25,31,37,41,45H,8,14-15,18-20,23-24H2,1-2H3,(H,38,43)/b9-6+/t25-,31-,36+/m1/s1. The number of rotatable bonds is 13. The molecule has 2 aliphatic rings. The fourth-order valence-corrected chi connectivity index (χ4v) is 6.14. The predicted octanol–water partition coefficient (Wildman–Crippen LogP) is 3.72. The molecule has 10 heteroatoms. The van der Waals surface area contributed by atoms with Crippen LogP contribution < -0.4 is 20.3 Å². The number of ether oxygens (including phenoxy) is 1. The zero-order valence-electron chi connectivity index (χ0n) is 26.3. The number of aliphatic hydroxyl groups excluding tert-OH is 1. The molecule has 1 fully saturated rings. The highest BCUT2D eigenvalue weighted by molar-refractivity contribution is 6.07. The van der Waals surface area contributed by atoms with E-state index in [0.29, 0.717) is 29.2 Å². The summed E-state index contributed by atoms with van der Waals surface area (Å²) in [5.41, 5.74) is 1.45. The van der Waals surface area contributed by atoms with Gasteiger partial charge in [-0.2, -0.15) is 0 Å². The van der Waals surface area contributed by atoms with E-state index < -0.39 is 17.4 Å². The Morgan fingerprint density at radius 3 is 2.63 bits per heavy atom. The van der Waals surface area contributed by atoms with Crippen molar-refractivity contribution in [1.29, 1.82) is 0 Å². The van der Waals surface area contributed by atoms with Gasteiger partial charge in [0.15, 0.2) is 5.60 Å². The molecule has 2 heterocycles. The molecule has 10 nitrogen and oxygen atoms in total. The third-order valence-corrected chi connectivity index (χ3v) is 8.70. The van der Waals surface area contributed by atoms with Gasteiger partial charge in [0.05, 0.1) is 32.0 Å². The Labute approximate surface area is 269 Å². The first kappa shape index (κ1) is 32.9. The van der Waals surface area contributed by atoms with Crippen molar-refractivity contribution in [2.24, 2.45) is 5.92 Å². The Balaban J connectivity index is 1.33. The summed E-state index contributed by atoms with van der Waals surface area (Å²) < 4.78 is 5.43. The molecule has 0 aromatic heterocycles. The van der Waals surface area contributed by atoms with Crippen LogP contribution in [0.1, 0.15) is 42.9 Å². The number of nitrogens with zero attached hydrogens (tertiary/aromatic N) is 2. The lowest BCUT2D eigenvalue weighted by Crippen LogP contribution is -2.44. The molecule has 242 valence electrons. The summed E-state index contributed by atoms with van der Waals surface area (Å²) in [6.07, 6.45) is 5.16. The third-order valence-electron chi connectivity index (χ3n) is 8.70. The van der Waals surface area contributed by atoms with Crippen molar-refractivity contribution < 1.29 is 29.3 Å². The van der Waals surface area contributed by atoms with Crippen LogP contribution in [0.2, 0.25) is 0 Å². The number of hydrogen-bond donors (Lipinski definition) is 4. The lowest BCUT2D eigenvalue weighted by Gasteiger charge is -2.28. The molecule has 0 radical (unpaired) electrons. The van der Waals surface area contributed by atoms with Crippen molar-refractivity contribution in [3.8, 4) is 5.75 Å². The van der Waals surface area contributed by atoms with Gasteiger partial charge in [0, 0.05) is 36.7 Å². The fraction of sp³-hybridized carbons (Fsp3) is 0.361. The molecule has 0 aliphatic carbocycles. The van der Waals surface area contributed by atoms with E-state index >= 15 is 0 Å². The molecule has 3 amide bonds. The molecule has 4 N–H and O–H groups in total. The number of amides is 3. The molecular weight excluding hydrogens is 584 g/mol. The average molecular weight is 627 g/mol. The Morgan fingerprint density at radius 1 is 1.13 bits per heavy atom. The first-order valence-electron chi connectivity index (χ1n) is 15.7. The van der Waals surface area contributed by atoms with Crippen LogP contribution in [0.3, 0.4) is 0 Å². The largest absolute Gasteiger partial charge is 0.497 e. The van der Waals surface area contributed by atoms with E-state index in [4.69, 9.17) is 4.74 Å². The number of fused-ring (bicyclic) bond motifs is 1. The Bertz CT molecular complexity index is 1570. The topological polar surface area (TPSA) is 131 Å². The average Bonchev–Trinajstić information content (AvgIpc) is 3.68. The number of carbonyl (C=O) groups excluding carboxylic acids is 3. The van der Waals surface area contributed by atoms with Gasteiger partial charge in [0.1, 0.15) is 5.75 Å². The van der Waals surface area contributed by atoms with Crippen LogP contribution in [-0.4, -0.2) is 65.7 Å². The van der Waals surface area contributed by atoms with Crippen LogP contribution in [0.15, 0.2) is 84.9 Å². The molecule has 2 aliphatic heterocycles. The minimum absolute atomic E-state index is 0.0466. The maximum atomic E-state index is 14.1. The Hall–Kier alpha value is -4.51. The number of nitrogens with one attached hydrogen (secondary N) is 2. The third kappa shape index (κ3) is 7.14. The van der Waals surface area contributed by atoms with Crippen molar-refractivity contribution in [2.45, 2.75) is 50.9 Å². The smallest absolute Gasteiger partial charge is 0.264 e. The lowest BCUT2D eigenvalue weighted by atomic mass is 9.83. The normalized spacial score (nSPS) is 19.7. The quantitative estimate of drug-likeness (QED) is 0.213. The molecule has 0 spiro atoms.